The summed E-state index contributed by atoms with van der Waals surface area (Å²) in [6.45, 7) is 6.00. The molecule has 2 nitrogen and oxygen atoms in total. The van der Waals surface area contributed by atoms with Crippen LogP contribution in [0.1, 0.15) is 36.0 Å². The van der Waals surface area contributed by atoms with Crippen LogP contribution in [0.2, 0.25) is 0 Å². The number of hydrogen-bond donors (Lipinski definition) is 0. The van der Waals surface area contributed by atoms with Crippen LogP contribution in [0.15, 0.2) is 18.2 Å². The third kappa shape index (κ3) is 3.37. The van der Waals surface area contributed by atoms with Crippen LogP contribution in [0, 0.1) is 0 Å². The normalized spacial score (nSPS) is 21.9. The standard InChI is InChI=1S/C17H26N2/c1-18-9-11-19(12-10-18)14-15-7-8-16-5-3-2-4-6-17(16)13-15/h7-8,13H,2-6,9-12,14H2,1H3. The van der Waals surface area contributed by atoms with E-state index in [1.54, 1.807) is 11.1 Å². The van der Waals surface area contributed by atoms with Gasteiger partial charge in [0.2, 0.25) is 0 Å². The van der Waals surface area contributed by atoms with Gasteiger partial charge in [-0.05, 0) is 49.4 Å². The molecule has 2 heteroatoms. The minimum Gasteiger partial charge on any atom is -0.304 e. The van der Waals surface area contributed by atoms with Crippen LogP contribution < -0.4 is 0 Å². The van der Waals surface area contributed by atoms with Gasteiger partial charge in [0.1, 0.15) is 0 Å². The zero-order chi connectivity index (χ0) is 13.1. The molecule has 0 N–H and O–H groups in total. The molecular formula is C17H26N2. The van der Waals surface area contributed by atoms with E-state index in [0.717, 1.165) is 6.54 Å². The largest absolute Gasteiger partial charge is 0.304 e. The Balaban J connectivity index is 1.66. The summed E-state index contributed by atoms with van der Waals surface area (Å²) < 4.78 is 0. The van der Waals surface area contributed by atoms with Crippen LogP contribution in [0.3, 0.4) is 0 Å². The number of piperazine rings is 1. The summed E-state index contributed by atoms with van der Waals surface area (Å²) in [5.74, 6) is 0. The molecule has 0 spiro atoms. The molecule has 0 bridgehead atoms. The van der Waals surface area contributed by atoms with Gasteiger partial charge >= 0.3 is 0 Å². The molecule has 1 fully saturated rings. The lowest BCUT2D eigenvalue weighted by Gasteiger charge is -2.32. The van der Waals surface area contributed by atoms with Crippen LogP contribution in [-0.4, -0.2) is 43.0 Å². The minimum absolute atomic E-state index is 1.14. The van der Waals surface area contributed by atoms with Crippen molar-refractivity contribution in [3.63, 3.8) is 0 Å². The van der Waals surface area contributed by atoms with Crippen molar-refractivity contribution in [1.82, 2.24) is 9.80 Å². The van der Waals surface area contributed by atoms with E-state index >= 15 is 0 Å². The monoisotopic (exact) mass is 258 g/mol. The molecule has 0 atom stereocenters. The number of fused-ring (bicyclic) bond motifs is 1. The second-order valence-corrected chi connectivity index (χ2v) is 6.24. The quantitative estimate of drug-likeness (QED) is 0.753. The molecule has 19 heavy (non-hydrogen) atoms. The highest BCUT2D eigenvalue weighted by molar-refractivity contribution is 5.33. The third-order valence-electron chi connectivity index (χ3n) is 4.66. The maximum absolute atomic E-state index is 2.60. The van der Waals surface area contributed by atoms with Crippen molar-refractivity contribution in [2.24, 2.45) is 0 Å². The van der Waals surface area contributed by atoms with Crippen molar-refractivity contribution in [2.75, 3.05) is 33.2 Å². The molecule has 0 radical (unpaired) electrons. The van der Waals surface area contributed by atoms with E-state index in [-0.39, 0.29) is 0 Å². The predicted molar refractivity (Wildman–Crippen MR) is 80.5 cm³/mol. The number of benzene rings is 1. The van der Waals surface area contributed by atoms with Gasteiger partial charge in [-0.25, -0.2) is 0 Å². The average Bonchev–Trinajstić information content (AvgIpc) is 2.66. The number of nitrogens with zero attached hydrogens (tertiary/aromatic N) is 2. The van der Waals surface area contributed by atoms with E-state index in [0.29, 0.717) is 0 Å². The van der Waals surface area contributed by atoms with Crippen molar-refractivity contribution in [3.8, 4) is 0 Å². The maximum Gasteiger partial charge on any atom is 0.0234 e. The van der Waals surface area contributed by atoms with Gasteiger partial charge in [0.25, 0.3) is 0 Å². The van der Waals surface area contributed by atoms with Crippen molar-refractivity contribution < 1.29 is 0 Å². The Morgan fingerprint density at radius 3 is 2.42 bits per heavy atom. The molecule has 0 aromatic heterocycles. The molecule has 2 aliphatic rings. The number of likely N-dealkylation sites (N-methyl/N-ethyl adjacent to an activating group) is 1. The van der Waals surface area contributed by atoms with Crippen molar-refractivity contribution in [3.05, 3.63) is 34.9 Å². The van der Waals surface area contributed by atoms with E-state index in [9.17, 15) is 0 Å². The smallest absolute Gasteiger partial charge is 0.0234 e. The molecule has 1 aromatic carbocycles. The molecule has 0 saturated carbocycles. The first-order valence-electron chi connectivity index (χ1n) is 7.83. The zero-order valence-corrected chi connectivity index (χ0v) is 12.2. The Labute approximate surface area is 117 Å². The molecule has 1 aliphatic heterocycles. The molecule has 0 unspecified atom stereocenters. The molecule has 3 rings (SSSR count). The Morgan fingerprint density at radius 2 is 1.63 bits per heavy atom. The highest BCUT2D eigenvalue weighted by atomic mass is 15.2. The third-order valence-corrected chi connectivity index (χ3v) is 4.66. The van der Waals surface area contributed by atoms with Gasteiger partial charge in [0.05, 0.1) is 0 Å². The molecule has 104 valence electrons. The van der Waals surface area contributed by atoms with E-state index < -0.39 is 0 Å². The summed E-state index contributed by atoms with van der Waals surface area (Å²) >= 11 is 0. The van der Waals surface area contributed by atoms with Crippen molar-refractivity contribution in [1.29, 1.82) is 0 Å². The van der Waals surface area contributed by atoms with E-state index in [1.807, 2.05) is 0 Å². The predicted octanol–water partition coefficient (Wildman–Crippen LogP) is 2.70. The number of rotatable bonds is 2. The molecule has 1 aliphatic carbocycles. The summed E-state index contributed by atoms with van der Waals surface area (Å²) in [5, 5.41) is 0. The fourth-order valence-electron chi connectivity index (χ4n) is 3.33. The van der Waals surface area contributed by atoms with Crippen LogP contribution in [-0.2, 0) is 19.4 Å². The van der Waals surface area contributed by atoms with Crippen LogP contribution in [0.25, 0.3) is 0 Å². The fourth-order valence-corrected chi connectivity index (χ4v) is 3.33. The SMILES string of the molecule is CN1CCN(Cc2ccc3c(c2)CCCCC3)CC1. The Kier molecular flexibility index (Phi) is 4.19. The van der Waals surface area contributed by atoms with Crippen molar-refractivity contribution >= 4 is 0 Å². The lowest BCUT2D eigenvalue weighted by Crippen LogP contribution is -2.43. The van der Waals surface area contributed by atoms with Gasteiger partial charge in [-0.1, -0.05) is 24.6 Å². The molecule has 1 heterocycles. The maximum atomic E-state index is 2.60. The molecule has 0 amide bonds. The van der Waals surface area contributed by atoms with Crippen LogP contribution >= 0.6 is 0 Å². The van der Waals surface area contributed by atoms with Gasteiger partial charge in [-0.2, -0.15) is 0 Å². The van der Waals surface area contributed by atoms with E-state index in [1.165, 1.54) is 63.8 Å². The summed E-state index contributed by atoms with van der Waals surface area (Å²) in [5.41, 5.74) is 4.76. The zero-order valence-electron chi connectivity index (χ0n) is 12.2. The highest BCUT2D eigenvalue weighted by Crippen LogP contribution is 2.22. The summed E-state index contributed by atoms with van der Waals surface area (Å²) in [4.78, 5) is 5.02. The average molecular weight is 258 g/mol. The second-order valence-electron chi connectivity index (χ2n) is 6.24. The number of aryl methyl sites for hydroxylation is 2. The summed E-state index contributed by atoms with van der Waals surface area (Å²) in [6, 6.07) is 7.24. The van der Waals surface area contributed by atoms with Gasteiger partial charge < -0.3 is 4.90 Å². The first-order chi connectivity index (χ1) is 9.31. The highest BCUT2D eigenvalue weighted by Gasteiger charge is 2.15. The molecule has 1 aromatic rings. The van der Waals surface area contributed by atoms with E-state index in [4.69, 9.17) is 0 Å². The second kappa shape index (κ2) is 6.06. The summed E-state index contributed by atoms with van der Waals surface area (Å²) in [7, 11) is 2.22. The van der Waals surface area contributed by atoms with Crippen LogP contribution in [0.5, 0.6) is 0 Å². The number of hydrogen-bond acceptors (Lipinski definition) is 2. The van der Waals surface area contributed by atoms with Gasteiger partial charge in [0.15, 0.2) is 0 Å². The molecular weight excluding hydrogens is 232 g/mol. The van der Waals surface area contributed by atoms with Crippen LogP contribution in [0.4, 0.5) is 0 Å². The Bertz CT molecular complexity index is 419. The first-order valence-corrected chi connectivity index (χ1v) is 7.83. The summed E-state index contributed by atoms with van der Waals surface area (Å²) in [6.07, 6.45) is 6.76. The lowest BCUT2D eigenvalue weighted by molar-refractivity contribution is 0.148. The fraction of sp³-hybridized carbons (Fsp3) is 0.647. The lowest BCUT2D eigenvalue weighted by atomic mass is 10.00. The minimum atomic E-state index is 1.14. The van der Waals surface area contributed by atoms with E-state index in [2.05, 4.69) is 35.0 Å². The van der Waals surface area contributed by atoms with Gasteiger partial charge in [-0.15, -0.1) is 0 Å². The van der Waals surface area contributed by atoms with Crippen molar-refractivity contribution in [2.45, 2.75) is 38.6 Å². The first kappa shape index (κ1) is 13.1. The van der Waals surface area contributed by atoms with Gasteiger partial charge in [-0.3, -0.25) is 4.90 Å². The van der Waals surface area contributed by atoms with Gasteiger partial charge in [0, 0.05) is 32.7 Å². The topological polar surface area (TPSA) is 6.48 Å². The molecule has 1 saturated heterocycles. The Morgan fingerprint density at radius 1 is 0.895 bits per heavy atom. The Hall–Kier alpha value is -0.860.